The molecule has 1 N–H and O–H groups in total. The van der Waals surface area contributed by atoms with Gasteiger partial charge in [0.05, 0.1) is 0 Å². The Kier molecular flexibility index (Phi) is 6.93. The maximum Gasteiger partial charge on any atom is 0.242 e. The first kappa shape index (κ1) is 16.0. The number of carbonyl (C=O) groups is 1. The van der Waals surface area contributed by atoms with Gasteiger partial charge in [0.1, 0.15) is 5.38 Å². The van der Waals surface area contributed by atoms with E-state index in [-0.39, 0.29) is 5.91 Å². The number of amides is 1. The van der Waals surface area contributed by atoms with Crippen molar-refractivity contribution in [3.05, 3.63) is 29.3 Å². The van der Waals surface area contributed by atoms with Gasteiger partial charge in [-0.05, 0) is 30.4 Å². The van der Waals surface area contributed by atoms with E-state index in [1.807, 2.05) is 6.07 Å². The Labute approximate surface area is 121 Å². The molecule has 19 heavy (non-hydrogen) atoms. The lowest BCUT2D eigenvalue weighted by atomic mass is 10.0. The molecule has 1 aromatic carbocycles. The Morgan fingerprint density at radius 2 is 1.79 bits per heavy atom. The molecule has 0 radical (unpaired) electrons. The fourth-order valence-corrected chi connectivity index (χ4v) is 2.33. The number of unbranched alkanes of at least 4 members (excludes halogenated alkanes) is 1. The summed E-state index contributed by atoms with van der Waals surface area (Å²) in [4.78, 5) is 12.1. The number of halogens is 1. The Bertz CT molecular complexity index is 395. The molecule has 0 aliphatic rings. The Morgan fingerprint density at radius 3 is 2.26 bits per heavy atom. The van der Waals surface area contributed by atoms with E-state index in [9.17, 15) is 4.79 Å². The number of hydrogen-bond acceptors (Lipinski definition) is 1. The fraction of sp³-hybridized carbons (Fsp3) is 0.562. The minimum atomic E-state index is -0.436. The van der Waals surface area contributed by atoms with Crippen LogP contribution in [-0.4, -0.2) is 11.3 Å². The fourth-order valence-electron chi connectivity index (χ4n) is 2.12. The second-order valence-electron chi connectivity index (χ2n) is 4.76. The average Bonchev–Trinajstić information content (AvgIpc) is 2.44. The minimum absolute atomic E-state index is 0.0780. The Balaban J connectivity index is 2.83. The van der Waals surface area contributed by atoms with E-state index in [4.69, 9.17) is 11.6 Å². The van der Waals surface area contributed by atoms with Crippen molar-refractivity contribution < 1.29 is 4.79 Å². The van der Waals surface area contributed by atoms with Crippen molar-refractivity contribution in [2.24, 2.45) is 0 Å². The highest BCUT2D eigenvalue weighted by molar-refractivity contribution is 6.32. The highest BCUT2D eigenvalue weighted by atomic mass is 35.5. The van der Waals surface area contributed by atoms with Crippen molar-refractivity contribution in [1.29, 1.82) is 0 Å². The molecule has 0 aliphatic heterocycles. The highest BCUT2D eigenvalue weighted by Crippen LogP contribution is 2.23. The van der Waals surface area contributed by atoms with Gasteiger partial charge < -0.3 is 5.32 Å². The molecule has 106 valence electrons. The number of aryl methyl sites for hydroxylation is 2. The summed E-state index contributed by atoms with van der Waals surface area (Å²) in [5, 5.41) is 2.58. The topological polar surface area (TPSA) is 29.1 Å². The number of alkyl halides is 1. The molecule has 2 nitrogen and oxygen atoms in total. The predicted octanol–water partition coefficient (Wildman–Crippen LogP) is 4.55. The van der Waals surface area contributed by atoms with Crippen LogP contribution < -0.4 is 5.32 Å². The number of hydrogen-bond donors (Lipinski definition) is 1. The lowest BCUT2D eigenvalue weighted by molar-refractivity contribution is -0.116. The van der Waals surface area contributed by atoms with Gasteiger partial charge >= 0.3 is 0 Å². The molecule has 0 saturated carbocycles. The summed E-state index contributed by atoms with van der Waals surface area (Å²) in [6, 6.07) is 6.16. The van der Waals surface area contributed by atoms with Crippen LogP contribution in [0.15, 0.2) is 18.2 Å². The molecule has 0 heterocycles. The van der Waals surface area contributed by atoms with Gasteiger partial charge in [-0.2, -0.15) is 0 Å². The third-order valence-electron chi connectivity index (χ3n) is 3.34. The van der Waals surface area contributed by atoms with Crippen LogP contribution in [0.25, 0.3) is 0 Å². The van der Waals surface area contributed by atoms with Crippen molar-refractivity contribution in [3.63, 3.8) is 0 Å². The maximum absolute atomic E-state index is 12.1. The molecule has 0 aromatic heterocycles. The molecule has 1 rings (SSSR count). The van der Waals surface area contributed by atoms with Crippen molar-refractivity contribution in [2.75, 3.05) is 5.32 Å². The number of carbonyl (C=O) groups excluding carboxylic acids is 1. The van der Waals surface area contributed by atoms with Crippen LogP contribution in [0.3, 0.4) is 0 Å². The summed E-state index contributed by atoms with van der Waals surface area (Å²) < 4.78 is 0. The number of anilines is 1. The molecule has 0 saturated heterocycles. The average molecular weight is 282 g/mol. The second-order valence-corrected chi connectivity index (χ2v) is 5.28. The standard InChI is InChI=1S/C16H24ClNO/c1-4-7-11-14(17)16(19)18-15-12(5-2)9-8-10-13(15)6-3/h8-10,14H,4-7,11H2,1-3H3,(H,18,19). The van der Waals surface area contributed by atoms with Crippen LogP contribution in [0.5, 0.6) is 0 Å². The quantitative estimate of drug-likeness (QED) is 0.730. The predicted molar refractivity (Wildman–Crippen MR) is 83.0 cm³/mol. The highest BCUT2D eigenvalue weighted by Gasteiger charge is 2.17. The zero-order valence-corrected chi connectivity index (χ0v) is 12.9. The number of rotatable bonds is 7. The number of benzene rings is 1. The molecule has 3 heteroatoms. The molecule has 0 spiro atoms. The van der Waals surface area contributed by atoms with E-state index >= 15 is 0 Å². The SMILES string of the molecule is CCCCC(Cl)C(=O)Nc1c(CC)cccc1CC. The van der Waals surface area contributed by atoms with Crippen LogP contribution in [0.2, 0.25) is 0 Å². The first-order chi connectivity index (χ1) is 9.13. The van der Waals surface area contributed by atoms with E-state index in [0.717, 1.165) is 37.8 Å². The zero-order chi connectivity index (χ0) is 14.3. The summed E-state index contributed by atoms with van der Waals surface area (Å²) in [6.07, 6.45) is 4.59. The molecular weight excluding hydrogens is 258 g/mol. The molecule has 0 aliphatic carbocycles. The van der Waals surface area contributed by atoms with Crippen LogP contribution in [0.4, 0.5) is 5.69 Å². The van der Waals surface area contributed by atoms with Crippen molar-refractivity contribution in [1.82, 2.24) is 0 Å². The van der Waals surface area contributed by atoms with Crippen LogP contribution in [0.1, 0.15) is 51.2 Å². The first-order valence-corrected chi connectivity index (χ1v) is 7.63. The summed E-state index contributed by atoms with van der Waals surface area (Å²) >= 11 is 6.14. The summed E-state index contributed by atoms with van der Waals surface area (Å²) in [6.45, 7) is 6.29. The lowest BCUT2D eigenvalue weighted by Crippen LogP contribution is -2.24. The van der Waals surface area contributed by atoms with Gasteiger partial charge in [-0.1, -0.05) is 51.8 Å². The molecule has 1 unspecified atom stereocenters. The van der Waals surface area contributed by atoms with Crippen molar-refractivity contribution in [3.8, 4) is 0 Å². The van der Waals surface area contributed by atoms with Crippen molar-refractivity contribution in [2.45, 2.75) is 58.3 Å². The van der Waals surface area contributed by atoms with Gasteiger partial charge in [0.25, 0.3) is 0 Å². The van der Waals surface area contributed by atoms with Crippen LogP contribution >= 0.6 is 11.6 Å². The Hall–Kier alpha value is -1.02. The summed E-state index contributed by atoms with van der Waals surface area (Å²) in [7, 11) is 0. The lowest BCUT2D eigenvalue weighted by Gasteiger charge is -2.16. The summed E-state index contributed by atoms with van der Waals surface area (Å²) in [5.74, 6) is -0.0780. The van der Waals surface area contributed by atoms with Gasteiger partial charge in [-0.15, -0.1) is 11.6 Å². The van der Waals surface area contributed by atoms with Crippen molar-refractivity contribution >= 4 is 23.2 Å². The second kappa shape index (κ2) is 8.21. The van der Waals surface area contributed by atoms with Crippen LogP contribution in [-0.2, 0) is 17.6 Å². The van der Waals surface area contributed by atoms with E-state index in [1.165, 1.54) is 11.1 Å². The van der Waals surface area contributed by atoms with Gasteiger partial charge in [-0.3, -0.25) is 4.79 Å². The normalized spacial score (nSPS) is 12.2. The van der Waals surface area contributed by atoms with Gasteiger partial charge in [0, 0.05) is 5.69 Å². The van der Waals surface area contributed by atoms with Gasteiger partial charge in [0.15, 0.2) is 0 Å². The van der Waals surface area contributed by atoms with Crippen LogP contribution in [0, 0.1) is 0 Å². The smallest absolute Gasteiger partial charge is 0.242 e. The van der Waals surface area contributed by atoms with E-state index in [2.05, 4.69) is 38.2 Å². The Morgan fingerprint density at radius 1 is 1.21 bits per heavy atom. The monoisotopic (exact) mass is 281 g/mol. The van der Waals surface area contributed by atoms with Gasteiger partial charge in [-0.25, -0.2) is 0 Å². The number of para-hydroxylation sites is 1. The van der Waals surface area contributed by atoms with Gasteiger partial charge in [0.2, 0.25) is 5.91 Å². The third-order valence-corrected chi connectivity index (χ3v) is 3.76. The molecule has 0 bridgehead atoms. The molecule has 0 fully saturated rings. The number of nitrogens with one attached hydrogen (secondary N) is 1. The molecule has 1 amide bonds. The van der Waals surface area contributed by atoms with E-state index < -0.39 is 5.38 Å². The molecular formula is C16H24ClNO. The molecule has 1 aromatic rings. The largest absolute Gasteiger partial charge is 0.324 e. The maximum atomic E-state index is 12.1. The minimum Gasteiger partial charge on any atom is -0.324 e. The first-order valence-electron chi connectivity index (χ1n) is 7.19. The van der Waals surface area contributed by atoms with E-state index in [1.54, 1.807) is 0 Å². The zero-order valence-electron chi connectivity index (χ0n) is 12.1. The van der Waals surface area contributed by atoms with E-state index in [0.29, 0.717) is 0 Å². The summed E-state index contributed by atoms with van der Waals surface area (Å²) in [5.41, 5.74) is 3.30. The molecule has 1 atom stereocenters. The third kappa shape index (κ3) is 4.54.